The van der Waals surface area contributed by atoms with Crippen LogP contribution in [0.4, 0.5) is 10.2 Å². The van der Waals surface area contributed by atoms with Gasteiger partial charge in [-0.25, -0.2) is 4.39 Å². The molecule has 0 fully saturated rings. The van der Waals surface area contributed by atoms with Crippen molar-refractivity contribution in [3.8, 4) is 22.5 Å². The summed E-state index contributed by atoms with van der Waals surface area (Å²) in [4.78, 5) is 0. The Kier molecular flexibility index (Phi) is 2.76. The summed E-state index contributed by atoms with van der Waals surface area (Å²) in [5.74, 6) is -0.0445. The molecule has 0 spiro atoms. The molecule has 0 atom stereocenters. The molecule has 2 aromatic heterocycles. The Morgan fingerprint density at radius 3 is 2.63 bits per heavy atom. The van der Waals surface area contributed by atoms with Crippen LogP contribution in [0.2, 0.25) is 5.22 Å². The molecule has 19 heavy (non-hydrogen) atoms. The lowest BCUT2D eigenvalue weighted by Crippen LogP contribution is -1.91. The maximum absolute atomic E-state index is 13.9. The van der Waals surface area contributed by atoms with Crippen LogP contribution >= 0.6 is 11.6 Å². The second-order valence-corrected chi connectivity index (χ2v) is 4.20. The predicted octanol–water partition coefficient (Wildman–Crippen LogP) is 3.98. The molecule has 6 heteroatoms. The molecular weight excluding hydrogens is 271 g/mol. The molecule has 0 amide bonds. The van der Waals surface area contributed by atoms with Crippen LogP contribution < -0.4 is 5.73 Å². The zero-order valence-corrected chi connectivity index (χ0v) is 10.3. The van der Waals surface area contributed by atoms with Gasteiger partial charge in [-0.3, -0.25) is 0 Å². The summed E-state index contributed by atoms with van der Waals surface area (Å²) in [6.07, 6.45) is 1.40. The van der Waals surface area contributed by atoms with Crippen LogP contribution in [0.3, 0.4) is 0 Å². The highest BCUT2D eigenvalue weighted by molar-refractivity contribution is 6.31. The van der Waals surface area contributed by atoms with Gasteiger partial charge in [-0.2, -0.15) is 0 Å². The third-order valence-electron chi connectivity index (χ3n) is 2.72. The number of benzene rings is 1. The Hall–Kier alpha value is -2.27. The van der Waals surface area contributed by atoms with E-state index in [0.29, 0.717) is 16.7 Å². The van der Waals surface area contributed by atoms with Gasteiger partial charge in [0.2, 0.25) is 5.22 Å². The minimum atomic E-state index is -0.418. The van der Waals surface area contributed by atoms with Crippen molar-refractivity contribution >= 4 is 17.4 Å². The summed E-state index contributed by atoms with van der Waals surface area (Å²) in [5.41, 5.74) is 6.89. The summed E-state index contributed by atoms with van der Waals surface area (Å²) in [7, 11) is 0. The first-order valence-electron chi connectivity index (χ1n) is 5.42. The Morgan fingerprint density at radius 2 is 1.95 bits per heavy atom. The molecule has 3 rings (SSSR count). The molecule has 0 saturated heterocycles. The predicted molar refractivity (Wildman–Crippen MR) is 69.0 cm³/mol. The van der Waals surface area contributed by atoms with Gasteiger partial charge in [-0.1, -0.05) is 23.4 Å². The third kappa shape index (κ3) is 1.88. The highest BCUT2D eigenvalue weighted by Crippen LogP contribution is 2.40. The Bertz CT molecular complexity index is 736. The molecule has 0 radical (unpaired) electrons. The van der Waals surface area contributed by atoms with Crippen molar-refractivity contribution in [2.45, 2.75) is 0 Å². The fourth-order valence-corrected chi connectivity index (χ4v) is 2.07. The second-order valence-electron chi connectivity index (χ2n) is 3.86. The first-order valence-corrected chi connectivity index (χ1v) is 5.79. The van der Waals surface area contributed by atoms with Crippen molar-refractivity contribution in [2.24, 2.45) is 0 Å². The first-order chi connectivity index (χ1) is 9.18. The van der Waals surface area contributed by atoms with Gasteiger partial charge in [0.05, 0.1) is 17.4 Å². The van der Waals surface area contributed by atoms with Gasteiger partial charge in [0.1, 0.15) is 5.82 Å². The van der Waals surface area contributed by atoms with Crippen LogP contribution in [0.25, 0.3) is 22.5 Å². The highest BCUT2D eigenvalue weighted by atomic mass is 35.5. The molecular formula is C13H8ClFN2O2. The number of nitrogens with two attached hydrogens (primary N) is 1. The van der Waals surface area contributed by atoms with Crippen LogP contribution in [0.1, 0.15) is 0 Å². The number of aromatic nitrogens is 1. The lowest BCUT2D eigenvalue weighted by Gasteiger charge is -2.02. The molecule has 2 N–H and O–H groups in total. The summed E-state index contributed by atoms with van der Waals surface area (Å²) < 4.78 is 24.0. The Labute approximate surface area is 112 Å². The van der Waals surface area contributed by atoms with E-state index in [1.54, 1.807) is 24.3 Å². The smallest absolute Gasteiger partial charge is 0.204 e. The summed E-state index contributed by atoms with van der Waals surface area (Å²) >= 11 is 5.89. The lowest BCUT2D eigenvalue weighted by molar-refractivity contribution is 0.435. The van der Waals surface area contributed by atoms with E-state index in [2.05, 4.69) is 5.16 Å². The number of nitrogens with zero attached hydrogens (tertiary/aromatic N) is 1. The zero-order valence-electron chi connectivity index (χ0n) is 9.56. The van der Waals surface area contributed by atoms with E-state index in [9.17, 15) is 4.39 Å². The summed E-state index contributed by atoms with van der Waals surface area (Å²) in [6.45, 7) is 0. The molecule has 1 aromatic carbocycles. The van der Waals surface area contributed by atoms with Crippen LogP contribution in [-0.4, -0.2) is 5.16 Å². The molecule has 0 aliphatic carbocycles. The van der Waals surface area contributed by atoms with Gasteiger partial charge >= 0.3 is 0 Å². The fraction of sp³-hybridized carbons (Fsp3) is 0. The quantitative estimate of drug-likeness (QED) is 0.770. The molecule has 2 heterocycles. The monoisotopic (exact) mass is 278 g/mol. The number of nitrogen functional groups attached to an aromatic ring is 1. The van der Waals surface area contributed by atoms with E-state index in [0.717, 1.165) is 0 Å². The van der Waals surface area contributed by atoms with Gasteiger partial charge < -0.3 is 14.7 Å². The largest absolute Gasteiger partial charge is 0.452 e. The molecule has 0 unspecified atom stereocenters. The van der Waals surface area contributed by atoms with Gasteiger partial charge in [0.15, 0.2) is 11.6 Å². The molecule has 3 aromatic rings. The molecule has 0 bridgehead atoms. The van der Waals surface area contributed by atoms with Crippen molar-refractivity contribution in [1.82, 2.24) is 5.16 Å². The second kappa shape index (κ2) is 4.44. The topological polar surface area (TPSA) is 65.2 Å². The number of rotatable bonds is 2. The third-order valence-corrected chi connectivity index (χ3v) is 3.02. The Balaban J connectivity index is 2.26. The summed E-state index contributed by atoms with van der Waals surface area (Å²) in [5, 5.41) is 3.80. The molecule has 0 aliphatic rings. The SMILES string of the molecule is Nc1noc(-c2ccoc2Cl)c1-c1ccccc1F. The zero-order chi connectivity index (χ0) is 13.4. The molecule has 96 valence electrons. The van der Waals surface area contributed by atoms with Crippen LogP contribution in [-0.2, 0) is 0 Å². The number of furan rings is 1. The Morgan fingerprint density at radius 1 is 1.16 bits per heavy atom. The van der Waals surface area contributed by atoms with Crippen LogP contribution in [0, 0.1) is 5.82 Å². The van der Waals surface area contributed by atoms with Crippen molar-refractivity contribution in [3.63, 3.8) is 0 Å². The highest BCUT2D eigenvalue weighted by Gasteiger charge is 2.22. The maximum atomic E-state index is 13.9. The van der Waals surface area contributed by atoms with E-state index < -0.39 is 5.82 Å². The first kappa shape index (κ1) is 11.8. The van der Waals surface area contributed by atoms with E-state index in [-0.39, 0.29) is 16.8 Å². The van der Waals surface area contributed by atoms with E-state index in [1.165, 1.54) is 12.3 Å². The van der Waals surface area contributed by atoms with Crippen molar-refractivity contribution < 1.29 is 13.3 Å². The lowest BCUT2D eigenvalue weighted by atomic mass is 10.0. The minimum Gasteiger partial charge on any atom is -0.452 e. The van der Waals surface area contributed by atoms with Gasteiger partial charge in [-0.15, -0.1) is 0 Å². The van der Waals surface area contributed by atoms with Crippen molar-refractivity contribution in [1.29, 1.82) is 0 Å². The molecule has 4 nitrogen and oxygen atoms in total. The molecule has 0 aliphatic heterocycles. The number of anilines is 1. The van der Waals surface area contributed by atoms with Crippen molar-refractivity contribution in [3.05, 3.63) is 47.6 Å². The van der Waals surface area contributed by atoms with E-state index >= 15 is 0 Å². The minimum absolute atomic E-state index is 0.0948. The average molecular weight is 279 g/mol. The maximum Gasteiger partial charge on any atom is 0.204 e. The normalized spacial score (nSPS) is 10.8. The number of hydrogen-bond donors (Lipinski definition) is 1. The average Bonchev–Trinajstić information content (AvgIpc) is 2.96. The molecule has 0 saturated carbocycles. The van der Waals surface area contributed by atoms with E-state index in [1.807, 2.05) is 0 Å². The van der Waals surface area contributed by atoms with Crippen LogP contribution in [0.15, 0.2) is 45.5 Å². The number of hydrogen-bond acceptors (Lipinski definition) is 4. The van der Waals surface area contributed by atoms with E-state index in [4.69, 9.17) is 26.3 Å². The van der Waals surface area contributed by atoms with Gasteiger partial charge in [0.25, 0.3) is 0 Å². The summed E-state index contributed by atoms with van der Waals surface area (Å²) in [6, 6.07) is 7.82. The number of halogens is 2. The van der Waals surface area contributed by atoms with Crippen LogP contribution in [0.5, 0.6) is 0 Å². The van der Waals surface area contributed by atoms with Gasteiger partial charge in [-0.05, 0) is 23.7 Å². The van der Waals surface area contributed by atoms with Crippen molar-refractivity contribution in [2.75, 3.05) is 5.73 Å². The fourth-order valence-electron chi connectivity index (χ4n) is 1.87. The standard InChI is InChI=1S/C13H8ClFN2O2/c14-12-8(5-6-18-12)11-10(13(16)17-19-11)7-3-1-2-4-9(7)15/h1-6H,(H2,16,17). The van der Waals surface area contributed by atoms with Gasteiger partial charge in [0, 0.05) is 5.56 Å².